The molecule has 0 aromatic rings. The molecule has 1 amide bonds. The highest BCUT2D eigenvalue weighted by Crippen LogP contribution is 1.84. The van der Waals surface area contributed by atoms with Gasteiger partial charge in [-0.05, 0) is 0 Å². The molecule has 0 aliphatic carbocycles. The van der Waals surface area contributed by atoms with Crippen molar-refractivity contribution in [2.75, 3.05) is 0 Å². The normalized spacial score (nSPS) is 7.86. The van der Waals surface area contributed by atoms with Crippen LogP contribution >= 0.6 is 0 Å². The average molecular weight is 120 g/mol. The van der Waals surface area contributed by atoms with Crippen molar-refractivity contribution in [2.24, 2.45) is 11.7 Å². The van der Waals surface area contributed by atoms with Crippen molar-refractivity contribution in [2.45, 2.75) is 13.8 Å². The van der Waals surface area contributed by atoms with Gasteiger partial charge in [-0.3, -0.25) is 4.79 Å². The molecule has 2 nitrogen and oxygen atoms in total. The van der Waals surface area contributed by atoms with Crippen LogP contribution in [-0.4, -0.2) is 5.91 Å². The van der Waals surface area contributed by atoms with E-state index >= 15 is 0 Å². The highest BCUT2D eigenvalue weighted by molar-refractivity contribution is 7.37. The lowest BCUT2D eigenvalue weighted by atomic mass is 10.2. The van der Waals surface area contributed by atoms with Crippen LogP contribution in [0.2, 0.25) is 0 Å². The van der Waals surface area contributed by atoms with Crippen molar-refractivity contribution >= 4 is 19.4 Å². The summed E-state index contributed by atoms with van der Waals surface area (Å²) in [5.74, 6) is -0.250. The van der Waals surface area contributed by atoms with Crippen LogP contribution in [-0.2, 0) is 18.3 Å². The van der Waals surface area contributed by atoms with Gasteiger partial charge in [-0.15, -0.1) is 0 Å². The zero-order valence-electron chi connectivity index (χ0n) is 5.47. The van der Waals surface area contributed by atoms with Gasteiger partial charge in [0.1, 0.15) is 0 Å². The Balaban J connectivity index is -0.000000125. The second-order valence-corrected chi connectivity index (χ2v) is 1.56. The molecule has 44 valence electrons. The van der Waals surface area contributed by atoms with Gasteiger partial charge in [-0.25, -0.2) is 0 Å². The zero-order valence-corrected chi connectivity index (χ0v) is 5.29. The van der Waals surface area contributed by atoms with Gasteiger partial charge in [-0.1, -0.05) is 13.8 Å². The third kappa shape index (κ3) is 5.82. The maximum absolute atomic E-state index is 9.92. The molecular weight excluding hydrogens is 110 g/mol. The second-order valence-electron chi connectivity index (χ2n) is 1.56. The lowest BCUT2D eigenvalue weighted by Gasteiger charge is -2.00. The molecule has 7 heavy (non-hydrogen) atoms. The number of nitrogens with two attached hydrogens (primary N) is 1. The number of amides is 1. The van der Waals surface area contributed by atoms with Crippen molar-refractivity contribution in [3.8, 4) is 0 Å². The Labute approximate surface area is 52.0 Å². The molecule has 0 aliphatic heterocycles. The van der Waals surface area contributed by atoms with Crippen LogP contribution in [0.1, 0.15) is 15.3 Å². The fourth-order valence-electron chi connectivity index (χ4n) is 0. The van der Waals surface area contributed by atoms with Crippen LogP contribution < -0.4 is 5.73 Å². The van der Waals surface area contributed by atoms with Gasteiger partial charge in [0.15, 0.2) is 0 Å². The summed E-state index contributed by atoms with van der Waals surface area (Å²) >= 11 is 0. The minimum absolute atomic E-state index is 0. The fourth-order valence-corrected chi connectivity index (χ4v) is 0. The summed E-state index contributed by atoms with van der Waals surface area (Å²) in [6.45, 7) is 3.53. The minimum Gasteiger partial charge on any atom is -2.00 e. The van der Waals surface area contributed by atoms with Gasteiger partial charge < -0.3 is 19.2 Å². The summed E-state index contributed by atoms with van der Waals surface area (Å²) < 4.78 is 0. The smallest absolute Gasteiger partial charge is 1.00 e. The first-order valence-electron chi connectivity index (χ1n) is 1.94. The molecule has 0 atom stereocenters. The molecule has 0 saturated carbocycles. The lowest BCUT2D eigenvalue weighted by Crippen LogP contribution is -2.17. The Morgan fingerprint density at radius 2 is 1.86 bits per heavy atom. The number of hydrogen-bond donors (Lipinski definition) is 1. The molecule has 0 spiro atoms. The van der Waals surface area contributed by atoms with Crippen LogP contribution in [0.5, 0.6) is 0 Å². The topological polar surface area (TPSA) is 43.1 Å². The first-order valence-corrected chi connectivity index (χ1v) is 1.94. The molecule has 2 N–H and O–H groups in total. The number of primary amides is 1. The van der Waals surface area contributed by atoms with Crippen molar-refractivity contribution in [3.05, 3.63) is 0 Å². The molecule has 0 unspecified atom stereocenters. The summed E-state index contributed by atoms with van der Waals surface area (Å²) in [5.41, 5.74) is 4.80. The Kier molecular flexibility index (Phi) is 5.67. The summed E-state index contributed by atoms with van der Waals surface area (Å²) in [4.78, 5) is 9.92. The maximum atomic E-state index is 9.92. The molecule has 3 heteroatoms. The van der Waals surface area contributed by atoms with E-state index in [2.05, 4.69) is 0 Å². The molecule has 0 aliphatic rings. The predicted octanol–water partition coefficient (Wildman–Crippen LogP) is 0.238. The number of rotatable bonds is 1. The van der Waals surface area contributed by atoms with Gasteiger partial charge >= 0.3 is 1.43 Å². The molecule has 0 aromatic carbocycles. The third-order valence-corrected chi connectivity index (χ3v) is 0.569. The SMILES string of the molecule is CC(C)C(N)=O.[H+].[S-2]. The van der Waals surface area contributed by atoms with E-state index in [9.17, 15) is 4.79 Å². The molecule has 0 rings (SSSR count). The van der Waals surface area contributed by atoms with Crippen LogP contribution in [0.15, 0.2) is 0 Å². The molecule has 0 aromatic heterocycles. The quantitative estimate of drug-likeness (QED) is 0.529. The molecule has 0 saturated heterocycles. The zero-order chi connectivity index (χ0) is 5.15. The van der Waals surface area contributed by atoms with Crippen molar-refractivity contribution < 1.29 is 6.22 Å². The summed E-state index contributed by atoms with van der Waals surface area (Å²) in [7, 11) is 0. The number of carbonyl (C=O) groups is 1. The lowest BCUT2D eigenvalue weighted by molar-refractivity contribution is -0.120. The van der Waals surface area contributed by atoms with E-state index in [4.69, 9.17) is 5.73 Å². The van der Waals surface area contributed by atoms with E-state index in [1.54, 1.807) is 13.8 Å². The Bertz CT molecular complexity index is 67.1. The predicted molar refractivity (Wildman–Crippen MR) is 32.5 cm³/mol. The fraction of sp³-hybridized carbons (Fsp3) is 0.750. The van der Waals surface area contributed by atoms with E-state index in [0.717, 1.165) is 0 Å². The first kappa shape index (κ1) is 9.94. The maximum Gasteiger partial charge on any atom is 1.00 e. The third-order valence-electron chi connectivity index (χ3n) is 0.569. The number of hydrogen-bond acceptors (Lipinski definition) is 1. The monoisotopic (exact) mass is 120 g/mol. The Hall–Kier alpha value is -0.180. The second kappa shape index (κ2) is 3.99. The molecule has 0 fully saturated rings. The van der Waals surface area contributed by atoms with Crippen LogP contribution in [0, 0.1) is 5.92 Å². The van der Waals surface area contributed by atoms with Crippen LogP contribution in [0.4, 0.5) is 0 Å². The van der Waals surface area contributed by atoms with Gasteiger partial charge in [0.05, 0.1) is 0 Å². The van der Waals surface area contributed by atoms with Crippen molar-refractivity contribution in [1.29, 1.82) is 0 Å². The van der Waals surface area contributed by atoms with Crippen LogP contribution in [0.3, 0.4) is 0 Å². The van der Waals surface area contributed by atoms with Gasteiger partial charge in [-0.2, -0.15) is 0 Å². The minimum atomic E-state index is -0.241. The average Bonchev–Trinajstić information content (AvgIpc) is 1.36. The van der Waals surface area contributed by atoms with E-state index in [-0.39, 0.29) is 26.7 Å². The van der Waals surface area contributed by atoms with Gasteiger partial charge in [0.25, 0.3) is 0 Å². The van der Waals surface area contributed by atoms with Gasteiger partial charge in [0.2, 0.25) is 5.91 Å². The largest absolute Gasteiger partial charge is 2.00 e. The summed E-state index contributed by atoms with van der Waals surface area (Å²) in [5, 5.41) is 0. The van der Waals surface area contributed by atoms with Crippen molar-refractivity contribution in [1.82, 2.24) is 0 Å². The summed E-state index contributed by atoms with van der Waals surface area (Å²) in [6.07, 6.45) is 0. The summed E-state index contributed by atoms with van der Waals surface area (Å²) in [6, 6.07) is 0. The molecular formula is C4H10NOS-. The molecule has 0 bridgehead atoms. The Morgan fingerprint density at radius 3 is 1.86 bits per heavy atom. The van der Waals surface area contributed by atoms with E-state index in [0.29, 0.717) is 0 Å². The highest BCUT2D eigenvalue weighted by atomic mass is 32.1. The van der Waals surface area contributed by atoms with Crippen molar-refractivity contribution in [3.63, 3.8) is 0 Å². The molecule has 0 heterocycles. The number of carbonyl (C=O) groups excluding carboxylic acids is 1. The van der Waals surface area contributed by atoms with Gasteiger partial charge in [0, 0.05) is 5.92 Å². The van der Waals surface area contributed by atoms with E-state index < -0.39 is 0 Å². The standard InChI is InChI=1S/C4H9NO.S/c1-3(2)4(5)6;/h3H,1-2H3,(H2,5,6);/q;-2/p+1. The van der Waals surface area contributed by atoms with E-state index in [1.807, 2.05) is 0 Å². The molecule has 0 radical (unpaired) electrons. The first-order chi connectivity index (χ1) is 2.64. The Morgan fingerprint density at radius 1 is 1.71 bits per heavy atom. The van der Waals surface area contributed by atoms with E-state index in [1.165, 1.54) is 0 Å². The highest BCUT2D eigenvalue weighted by Gasteiger charge is 1.96. The van der Waals surface area contributed by atoms with Crippen LogP contribution in [0.25, 0.3) is 0 Å².